The van der Waals surface area contributed by atoms with E-state index < -0.39 is 0 Å². The molecule has 0 spiro atoms. The van der Waals surface area contributed by atoms with Crippen LogP contribution in [0.5, 0.6) is 0 Å². The minimum absolute atomic E-state index is 0.192. The number of thioether (sulfide) groups is 1. The average molecular weight is 434 g/mol. The molecular weight excluding hydrogens is 398 g/mol. The van der Waals surface area contributed by atoms with Gasteiger partial charge < -0.3 is 19.6 Å². The third-order valence-electron chi connectivity index (χ3n) is 5.35. The molecule has 0 saturated carbocycles. The number of aliphatic imine (C=N–C) groups is 1. The van der Waals surface area contributed by atoms with Crippen molar-refractivity contribution in [1.29, 1.82) is 0 Å². The Morgan fingerprint density at radius 2 is 2.13 bits per heavy atom. The number of likely N-dealkylation sites (tertiary alicyclic amines) is 1. The van der Waals surface area contributed by atoms with E-state index in [4.69, 9.17) is 9.41 Å². The molecule has 3 rings (SSSR count). The van der Waals surface area contributed by atoms with Gasteiger partial charge in [0.2, 0.25) is 0 Å². The lowest BCUT2D eigenvalue weighted by molar-refractivity contribution is 0.221. The lowest BCUT2D eigenvalue weighted by atomic mass is 10.2. The summed E-state index contributed by atoms with van der Waals surface area (Å²) in [6.07, 6.45) is 10.2. The molecule has 0 aliphatic carbocycles. The first kappa shape index (κ1) is 22.7. The van der Waals surface area contributed by atoms with Crippen LogP contribution in [-0.4, -0.2) is 70.4 Å². The first-order valence-corrected chi connectivity index (χ1v) is 12.4. The number of hydrogen-bond acceptors (Lipinski definition) is 6. The van der Waals surface area contributed by atoms with E-state index in [9.17, 15) is 0 Å². The van der Waals surface area contributed by atoms with E-state index in [0.29, 0.717) is 6.54 Å². The maximum Gasteiger partial charge on any atom is 0.191 e. The summed E-state index contributed by atoms with van der Waals surface area (Å²) in [5, 5.41) is 15.1. The second-order valence-corrected chi connectivity index (χ2v) is 8.44. The number of hydrogen-bond donors (Lipinski definition) is 2. The van der Waals surface area contributed by atoms with Gasteiger partial charge in [0.05, 0.1) is 18.8 Å². The molecule has 166 valence electrons. The summed E-state index contributed by atoms with van der Waals surface area (Å²) in [6.45, 7) is 7.49. The molecule has 9 heteroatoms. The molecule has 0 amide bonds. The molecule has 3 heterocycles. The van der Waals surface area contributed by atoms with Crippen LogP contribution in [0.1, 0.15) is 43.8 Å². The Morgan fingerprint density at radius 1 is 1.30 bits per heavy atom. The minimum Gasteiger partial charge on any atom is -0.468 e. The molecule has 2 aromatic heterocycles. The SMILES string of the molecule is CCc1nncn1CCNC(=NCC(c1ccco1)N1CCCC1)NCCCSC. The Morgan fingerprint density at radius 3 is 2.87 bits per heavy atom. The summed E-state index contributed by atoms with van der Waals surface area (Å²) in [6, 6.07) is 4.22. The molecule has 8 nitrogen and oxygen atoms in total. The van der Waals surface area contributed by atoms with Crippen LogP contribution in [-0.2, 0) is 13.0 Å². The molecular formula is C21H35N7OS. The summed E-state index contributed by atoms with van der Waals surface area (Å²) >= 11 is 1.87. The quantitative estimate of drug-likeness (QED) is 0.302. The van der Waals surface area contributed by atoms with Crippen LogP contribution in [0, 0.1) is 0 Å². The lowest BCUT2D eigenvalue weighted by Crippen LogP contribution is -2.40. The van der Waals surface area contributed by atoms with Gasteiger partial charge in [0.15, 0.2) is 5.96 Å². The van der Waals surface area contributed by atoms with Gasteiger partial charge in [-0.3, -0.25) is 9.89 Å². The van der Waals surface area contributed by atoms with Crippen molar-refractivity contribution < 1.29 is 4.42 Å². The highest BCUT2D eigenvalue weighted by Gasteiger charge is 2.25. The van der Waals surface area contributed by atoms with E-state index >= 15 is 0 Å². The molecule has 0 radical (unpaired) electrons. The van der Waals surface area contributed by atoms with Gasteiger partial charge in [-0.15, -0.1) is 10.2 Å². The molecule has 1 unspecified atom stereocenters. The second-order valence-electron chi connectivity index (χ2n) is 7.46. The average Bonchev–Trinajstić information content (AvgIpc) is 3.54. The Kier molecular flexibility index (Phi) is 9.56. The van der Waals surface area contributed by atoms with Crippen molar-refractivity contribution in [3.63, 3.8) is 0 Å². The fraction of sp³-hybridized carbons (Fsp3) is 0.667. The Balaban J connectivity index is 1.60. The van der Waals surface area contributed by atoms with Gasteiger partial charge >= 0.3 is 0 Å². The van der Waals surface area contributed by atoms with E-state index in [-0.39, 0.29) is 6.04 Å². The van der Waals surface area contributed by atoms with Gasteiger partial charge in [-0.2, -0.15) is 11.8 Å². The van der Waals surface area contributed by atoms with E-state index in [1.165, 1.54) is 12.8 Å². The van der Waals surface area contributed by atoms with Crippen LogP contribution in [0.2, 0.25) is 0 Å². The van der Waals surface area contributed by atoms with Crippen LogP contribution in [0.3, 0.4) is 0 Å². The van der Waals surface area contributed by atoms with Crippen molar-refractivity contribution >= 4 is 17.7 Å². The maximum absolute atomic E-state index is 5.74. The van der Waals surface area contributed by atoms with E-state index in [1.807, 2.05) is 17.8 Å². The molecule has 0 aromatic carbocycles. The highest BCUT2D eigenvalue weighted by Crippen LogP contribution is 2.25. The number of nitrogens with zero attached hydrogens (tertiary/aromatic N) is 5. The molecule has 1 aliphatic rings. The highest BCUT2D eigenvalue weighted by atomic mass is 32.2. The lowest BCUT2D eigenvalue weighted by Gasteiger charge is -2.24. The number of aromatic nitrogens is 3. The number of furan rings is 1. The third-order valence-corrected chi connectivity index (χ3v) is 6.05. The number of aryl methyl sites for hydroxylation is 1. The smallest absolute Gasteiger partial charge is 0.191 e. The summed E-state index contributed by atoms with van der Waals surface area (Å²) < 4.78 is 7.83. The summed E-state index contributed by atoms with van der Waals surface area (Å²) in [7, 11) is 0. The molecule has 1 atom stereocenters. The van der Waals surface area contributed by atoms with Crippen molar-refractivity contribution in [3.05, 3.63) is 36.3 Å². The predicted molar refractivity (Wildman–Crippen MR) is 123 cm³/mol. The van der Waals surface area contributed by atoms with Gasteiger partial charge in [0.25, 0.3) is 0 Å². The van der Waals surface area contributed by atoms with E-state index in [0.717, 1.165) is 68.9 Å². The molecule has 0 bridgehead atoms. The van der Waals surface area contributed by atoms with Gasteiger partial charge in [-0.05, 0) is 56.5 Å². The normalized spacial score (nSPS) is 16.1. The van der Waals surface area contributed by atoms with E-state index in [1.54, 1.807) is 12.6 Å². The van der Waals surface area contributed by atoms with Crippen LogP contribution in [0.25, 0.3) is 0 Å². The largest absolute Gasteiger partial charge is 0.468 e. The van der Waals surface area contributed by atoms with Crippen molar-refractivity contribution in [2.45, 2.75) is 45.2 Å². The molecule has 1 fully saturated rings. The monoisotopic (exact) mass is 433 g/mol. The summed E-state index contributed by atoms with van der Waals surface area (Å²) in [5.74, 6) is 4.01. The van der Waals surface area contributed by atoms with Crippen LogP contribution in [0.4, 0.5) is 0 Å². The topological polar surface area (TPSA) is 83.5 Å². The van der Waals surface area contributed by atoms with Gasteiger partial charge in [0, 0.05) is 26.1 Å². The second kappa shape index (κ2) is 12.6. The maximum atomic E-state index is 5.74. The standard InChI is InChI=1S/C21H35N7OS/c1-3-20-26-25-17-28(20)13-10-23-21(22-9-7-15-30-2)24-16-18(19-8-6-14-29-19)27-11-4-5-12-27/h6,8,14,17-18H,3-5,7,9-13,15-16H2,1-2H3,(H2,22,23,24). The van der Waals surface area contributed by atoms with Crippen molar-refractivity contribution in [3.8, 4) is 0 Å². The number of nitrogens with one attached hydrogen (secondary N) is 2. The van der Waals surface area contributed by atoms with Crippen LogP contribution < -0.4 is 10.6 Å². The van der Waals surface area contributed by atoms with Crippen molar-refractivity contribution in [1.82, 2.24) is 30.3 Å². The Bertz CT molecular complexity index is 740. The summed E-state index contributed by atoms with van der Waals surface area (Å²) in [5.41, 5.74) is 0. The Labute approximate surface area is 183 Å². The van der Waals surface area contributed by atoms with Gasteiger partial charge in [-0.25, -0.2) is 0 Å². The predicted octanol–water partition coefficient (Wildman–Crippen LogP) is 2.56. The minimum atomic E-state index is 0.192. The van der Waals surface area contributed by atoms with Crippen LogP contribution in [0.15, 0.2) is 34.1 Å². The van der Waals surface area contributed by atoms with Crippen molar-refractivity contribution in [2.75, 3.05) is 44.7 Å². The van der Waals surface area contributed by atoms with Gasteiger partial charge in [-0.1, -0.05) is 6.92 Å². The fourth-order valence-corrected chi connectivity index (χ4v) is 4.16. The zero-order valence-corrected chi connectivity index (χ0v) is 19.0. The highest BCUT2D eigenvalue weighted by molar-refractivity contribution is 7.98. The first-order valence-electron chi connectivity index (χ1n) is 11.0. The molecule has 30 heavy (non-hydrogen) atoms. The molecule has 1 saturated heterocycles. The zero-order chi connectivity index (χ0) is 21.0. The van der Waals surface area contributed by atoms with Crippen molar-refractivity contribution in [2.24, 2.45) is 4.99 Å². The fourth-order valence-electron chi connectivity index (χ4n) is 3.73. The van der Waals surface area contributed by atoms with Crippen LogP contribution >= 0.6 is 11.8 Å². The Hall–Kier alpha value is -2.00. The number of guanidine groups is 1. The zero-order valence-electron chi connectivity index (χ0n) is 18.2. The summed E-state index contributed by atoms with van der Waals surface area (Å²) in [4.78, 5) is 7.41. The van der Waals surface area contributed by atoms with Gasteiger partial charge in [0.1, 0.15) is 17.9 Å². The first-order chi connectivity index (χ1) is 14.8. The third kappa shape index (κ3) is 6.77. The molecule has 2 N–H and O–H groups in total. The molecule has 2 aromatic rings. The van der Waals surface area contributed by atoms with E-state index in [2.05, 4.69) is 49.5 Å². The number of rotatable bonds is 12. The molecule has 1 aliphatic heterocycles.